The van der Waals surface area contributed by atoms with Crippen molar-refractivity contribution >= 4 is 51.1 Å². The van der Waals surface area contributed by atoms with Crippen LogP contribution in [0.1, 0.15) is 19.4 Å². The third-order valence-corrected chi connectivity index (χ3v) is 8.95. The van der Waals surface area contributed by atoms with Crippen molar-refractivity contribution in [1.29, 1.82) is 0 Å². The average molecular weight is 593 g/mol. The van der Waals surface area contributed by atoms with Gasteiger partial charge in [0.2, 0.25) is 11.9 Å². The van der Waals surface area contributed by atoms with Crippen LogP contribution in [0.2, 0.25) is 5.02 Å². The fourth-order valence-corrected chi connectivity index (χ4v) is 6.37. The monoisotopic (exact) mass is 592 g/mol. The number of anilines is 2. The molecule has 0 saturated carbocycles. The van der Waals surface area contributed by atoms with Gasteiger partial charge < -0.3 is 19.6 Å². The summed E-state index contributed by atoms with van der Waals surface area (Å²) in [5.41, 5.74) is 1.79. The van der Waals surface area contributed by atoms with E-state index in [1.54, 1.807) is 23.1 Å². The molecule has 1 amide bonds. The van der Waals surface area contributed by atoms with Crippen LogP contribution in [0.25, 0.3) is 32.9 Å². The Morgan fingerprint density at radius 1 is 1.10 bits per heavy atom. The summed E-state index contributed by atoms with van der Waals surface area (Å²) in [5.74, 6) is 0.317. The van der Waals surface area contributed by atoms with Gasteiger partial charge in [-0.2, -0.15) is 4.98 Å². The van der Waals surface area contributed by atoms with Crippen LogP contribution in [-0.2, 0) is 4.79 Å². The first-order valence-corrected chi connectivity index (χ1v) is 14.4. The second-order valence-corrected chi connectivity index (χ2v) is 12.0. The number of aromatic nitrogens is 4. The van der Waals surface area contributed by atoms with Crippen LogP contribution in [0, 0.1) is 12.7 Å². The van der Waals surface area contributed by atoms with Crippen molar-refractivity contribution in [3.63, 3.8) is 0 Å². The van der Waals surface area contributed by atoms with E-state index in [-0.39, 0.29) is 39.7 Å². The van der Waals surface area contributed by atoms with E-state index in [1.807, 2.05) is 39.8 Å². The molecule has 2 aliphatic rings. The Morgan fingerprint density at radius 3 is 2.52 bits per heavy atom. The minimum atomic E-state index is -0.578. The topological polar surface area (TPSA) is 104 Å². The number of H-pyrrole nitrogens is 2. The van der Waals surface area contributed by atoms with Gasteiger partial charge in [-0.3, -0.25) is 19.8 Å². The number of rotatable bonds is 5. The summed E-state index contributed by atoms with van der Waals surface area (Å²) in [4.78, 5) is 42.7. The van der Waals surface area contributed by atoms with Crippen LogP contribution in [0.5, 0.6) is 0 Å². The number of carbonyl (C=O) groups is 1. The summed E-state index contributed by atoms with van der Waals surface area (Å²) in [6, 6.07) is 5.33. The Kier molecular flexibility index (Phi) is 6.97. The largest absolute Gasteiger partial charge is 0.349 e. The fourth-order valence-electron chi connectivity index (χ4n) is 6.08. The highest BCUT2D eigenvalue weighted by Crippen LogP contribution is 2.42. The number of nitrogens with zero attached hydrogens (tertiary/aromatic N) is 6. The summed E-state index contributed by atoms with van der Waals surface area (Å²) < 4.78 is 16.8. The zero-order valence-electron chi connectivity index (χ0n) is 24.3. The molecular formula is C30H34ClFN8O2. The summed E-state index contributed by atoms with van der Waals surface area (Å²) in [6.45, 7) is 11.9. The van der Waals surface area contributed by atoms with Crippen LogP contribution in [0.4, 0.5) is 16.2 Å². The number of hydrogen-bond donors (Lipinski definition) is 2. The smallest absolute Gasteiger partial charge is 0.271 e. The number of amides is 1. The molecule has 0 bridgehead atoms. The molecule has 0 radical (unpaired) electrons. The molecule has 10 nitrogen and oxygen atoms in total. The minimum absolute atomic E-state index is 0.107. The molecule has 2 aromatic carbocycles. The van der Waals surface area contributed by atoms with Crippen LogP contribution in [0.15, 0.2) is 35.6 Å². The molecule has 2 fully saturated rings. The molecule has 220 valence electrons. The maximum atomic E-state index is 16.8. The number of hydrogen-bond acceptors (Lipinski definition) is 7. The van der Waals surface area contributed by atoms with Crippen molar-refractivity contribution in [2.24, 2.45) is 0 Å². The van der Waals surface area contributed by atoms with E-state index in [4.69, 9.17) is 21.6 Å². The van der Waals surface area contributed by atoms with Crippen LogP contribution < -0.4 is 15.4 Å². The Morgan fingerprint density at radius 2 is 1.83 bits per heavy atom. The highest BCUT2D eigenvalue weighted by molar-refractivity contribution is 6.35. The first kappa shape index (κ1) is 28.2. The third kappa shape index (κ3) is 4.42. The second kappa shape index (κ2) is 10.4. The molecule has 42 heavy (non-hydrogen) atoms. The lowest BCUT2D eigenvalue weighted by Gasteiger charge is -2.45. The van der Waals surface area contributed by atoms with Crippen molar-refractivity contribution in [2.45, 2.75) is 38.9 Å². The lowest BCUT2D eigenvalue weighted by molar-refractivity contribution is -0.128. The zero-order chi connectivity index (χ0) is 30.0. The molecule has 0 spiro atoms. The lowest BCUT2D eigenvalue weighted by Crippen LogP contribution is -2.59. The van der Waals surface area contributed by atoms with Gasteiger partial charge in [0.15, 0.2) is 5.82 Å². The van der Waals surface area contributed by atoms with E-state index < -0.39 is 5.82 Å². The fraction of sp³-hybridized carbons (Fsp3) is 0.400. The van der Waals surface area contributed by atoms with Crippen molar-refractivity contribution in [3.05, 3.63) is 57.6 Å². The Labute approximate surface area is 247 Å². The molecule has 2 aromatic heterocycles. The second-order valence-electron chi connectivity index (χ2n) is 11.6. The maximum Gasteiger partial charge on any atom is 0.271 e. The van der Waals surface area contributed by atoms with E-state index in [9.17, 15) is 9.59 Å². The van der Waals surface area contributed by atoms with Crippen molar-refractivity contribution in [3.8, 4) is 11.1 Å². The molecule has 0 unspecified atom stereocenters. The minimum Gasteiger partial charge on any atom is -0.349 e. The Bertz CT molecular complexity index is 1790. The molecule has 12 heteroatoms. The number of aryl methyl sites for hydroxylation is 1. The standard InChI is InChI=1S/C30H34ClFN8O2/c1-7-22(41)39-11-17(4)40(12-16(39)3)28-20-10-21(31)24(23-15(2)8-9-19-26(23)35-36-29(19)42)25(32)27(20)33-30(34-28)38-13-18(14-38)37(5)6/h7-10,16-18H,1,11-14H2,2-6H3,(H2,35,36,42)/t16-,17+/m1/s1. The highest BCUT2D eigenvalue weighted by atomic mass is 35.5. The molecule has 4 aromatic rings. The van der Waals surface area contributed by atoms with Gasteiger partial charge in [0, 0.05) is 60.8 Å². The molecule has 2 N–H and O–H groups in total. The summed E-state index contributed by atoms with van der Waals surface area (Å²) >= 11 is 6.88. The third-order valence-electron chi connectivity index (χ3n) is 8.65. The van der Waals surface area contributed by atoms with E-state index in [0.29, 0.717) is 52.8 Å². The van der Waals surface area contributed by atoms with Crippen LogP contribution in [-0.4, -0.2) is 94.3 Å². The molecule has 2 saturated heterocycles. The number of nitrogens with one attached hydrogen (secondary N) is 2. The molecule has 2 atom stereocenters. The normalized spacial score (nSPS) is 19.7. The van der Waals surface area contributed by atoms with E-state index in [1.165, 1.54) is 6.08 Å². The van der Waals surface area contributed by atoms with E-state index in [2.05, 4.69) is 26.6 Å². The van der Waals surface area contributed by atoms with E-state index >= 15 is 4.39 Å². The highest BCUT2D eigenvalue weighted by Gasteiger charge is 2.36. The summed E-state index contributed by atoms with van der Waals surface area (Å²) in [6.07, 6.45) is 1.33. The van der Waals surface area contributed by atoms with Gasteiger partial charge in [-0.05, 0) is 58.6 Å². The summed E-state index contributed by atoms with van der Waals surface area (Å²) in [7, 11) is 4.06. The molecular weight excluding hydrogens is 559 g/mol. The SMILES string of the molecule is C=CC(=O)N1C[C@H](C)N(c2nc(N3CC(N(C)C)C3)nc3c(F)c(-c4c(C)ccc5c(=O)[nH][nH]c45)c(Cl)cc23)C[C@H]1C. The van der Waals surface area contributed by atoms with Crippen LogP contribution >= 0.6 is 11.6 Å². The number of piperazine rings is 1. The van der Waals surface area contributed by atoms with Gasteiger partial charge in [0.1, 0.15) is 11.3 Å². The predicted octanol–water partition coefficient (Wildman–Crippen LogP) is 3.93. The van der Waals surface area contributed by atoms with Crippen molar-refractivity contribution in [1.82, 2.24) is 30.0 Å². The molecule has 6 rings (SSSR count). The molecule has 0 aliphatic carbocycles. The first-order valence-electron chi connectivity index (χ1n) is 14.0. The number of aromatic amines is 2. The zero-order valence-corrected chi connectivity index (χ0v) is 25.1. The Hall–Kier alpha value is -3.96. The predicted molar refractivity (Wildman–Crippen MR) is 165 cm³/mol. The first-order chi connectivity index (χ1) is 20.0. The van der Waals surface area contributed by atoms with Gasteiger partial charge in [-0.1, -0.05) is 24.2 Å². The molecule has 4 heterocycles. The average Bonchev–Trinajstić information content (AvgIpc) is 3.29. The van der Waals surface area contributed by atoms with Gasteiger partial charge in [-0.25, -0.2) is 9.37 Å². The van der Waals surface area contributed by atoms with Crippen molar-refractivity contribution < 1.29 is 9.18 Å². The number of fused-ring (bicyclic) bond motifs is 2. The lowest BCUT2D eigenvalue weighted by atomic mass is 9.96. The Balaban J connectivity index is 1.55. The van der Waals surface area contributed by atoms with Gasteiger partial charge >= 0.3 is 0 Å². The van der Waals surface area contributed by atoms with Gasteiger partial charge in [0.05, 0.1) is 15.9 Å². The number of benzene rings is 2. The van der Waals surface area contributed by atoms with Gasteiger partial charge in [-0.15, -0.1) is 0 Å². The van der Waals surface area contributed by atoms with Crippen LogP contribution in [0.3, 0.4) is 0 Å². The summed E-state index contributed by atoms with van der Waals surface area (Å²) in [5, 5.41) is 6.59. The number of halogens is 2. The number of carbonyl (C=O) groups excluding carboxylic acids is 1. The van der Waals surface area contributed by atoms with Gasteiger partial charge in [0.25, 0.3) is 5.56 Å². The van der Waals surface area contributed by atoms with E-state index in [0.717, 1.165) is 18.7 Å². The maximum absolute atomic E-state index is 16.8. The quantitative estimate of drug-likeness (QED) is 0.338. The molecule has 2 aliphatic heterocycles. The number of likely N-dealkylation sites (N-methyl/N-ethyl adjacent to an activating group) is 1. The van der Waals surface area contributed by atoms with Crippen molar-refractivity contribution in [2.75, 3.05) is 50.1 Å².